The quantitative estimate of drug-likeness (QED) is 0.861. The second-order valence-electron chi connectivity index (χ2n) is 4.89. The van der Waals surface area contributed by atoms with Gasteiger partial charge in [0.25, 0.3) is 0 Å². The lowest BCUT2D eigenvalue weighted by atomic mass is 10.2. The molecule has 2 aromatic rings. The van der Waals surface area contributed by atoms with E-state index in [9.17, 15) is 8.42 Å². The maximum absolute atomic E-state index is 12.9. The highest BCUT2D eigenvalue weighted by molar-refractivity contribution is 8.01. The Hall–Kier alpha value is -1.50. The fourth-order valence-corrected chi connectivity index (χ4v) is 5.82. The van der Waals surface area contributed by atoms with Crippen LogP contribution in [0, 0.1) is 0 Å². The van der Waals surface area contributed by atoms with Gasteiger partial charge in [0.15, 0.2) is 0 Å². The van der Waals surface area contributed by atoms with E-state index >= 15 is 0 Å². The van der Waals surface area contributed by atoms with Crippen LogP contribution in [0.2, 0.25) is 0 Å². The van der Waals surface area contributed by atoms with Crippen molar-refractivity contribution in [2.45, 2.75) is 10.3 Å². The molecule has 0 aliphatic carbocycles. The molecule has 4 nitrogen and oxygen atoms in total. The van der Waals surface area contributed by atoms with Crippen molar-refractivity contribution >= 4 is 21.8 Å². The summed E-state index contributed by atoms with van der Waals surface area (Å²) in [6.07, 6.45) is 0. The third kappa shape index (κ3) is 2.74. The molecule has 0 saturated carbocycles. The summed E-state index contributed by atoms with van der Waals surface area (Å²) in [5, 5.41) is -0.249. The van der Waals surface area contributed by atoms with E-state index < -0.39 is 10.0 Å². The average molecular weight is 335 g/mol. The van der Waals surface area contributed by atoms with E-state index in [-0.39, 0.29) is 5.37 Å². The molecular weight excluding hydrogens is 318 g/mol. The van der Waals surface area contributed by atoms with Gasteiger partial charge in [-0.25, -0.2) is 8.42 Å². The molecule has 1 aliphatic heterocycles. The molecule has 0 unspecified atom stereocenters. The van der Waals surface area contributed by atoms with Crippen LogP contribution in [0.3, 0.4) is 0 Å². The van der Waals surface area contributed by atoms with Crippen LogP contribution < -0.4 is 4.74 Å². The lowest BCUT2D eigenvalue weighted by molar-refractivity contribution is 0.390. The van der Waals surface area contributed by atoms with Gasteiger partial charge >= 0.3 is 0 Å². The first-order valence-corrected chi connectivity index (χ1v) is 9.45. The highest BCUT2D eigenvalue weighted by Crippen LogP contribution is 2.44. The maximum atomic E-state index is 12.9. The smallest absolute Gasteiger partial charge is 0.244 e. The van der Waals surface area contributed by atoms with Gasteiger partial charge in [0, 0.05) is 17.9 Å². The Bertz CT molecular complexity index is 747. The van der Waals surface area contributed by atoms with Crippen LogP contribution in [0.5, 0.6) is 5.75 Å². The van der Waals surface area contributed by atoms with Crippen molar-refractivity contribution in [3.63, 3.8) is 0 Å². The van der Waals surface area contributed by atoms with Gasteiger partial charge < -0.3 is 4.74 Å². The summed E-state index contributed by atoms with van der Waals surface area (Å²) in [6, 6.07) is 16.2. The van der Waals surface area contributed by atoms with Crippen LogP contribution >= 0.6 is 11.8 Å². The predicted octanol–water partition coefficient (Wildman–Crippen LogP) is 3.13. The summed E-state index contributed by atoms with van der Waals surface area (Å²) < 4.78 is 32.7. The molecule has 1 aliphatic rings. The van der Waals surface area contributed by atoms with Gasteiger partial charge in [-0.05, 0) is 18.2 Å². The Kier molecular flexibility index (Phi) is 4.42. The minimum absolute atomic E-state index is 0.249. The minimum atomic E-state index is -3.50. The summed E-state index contributed by atoms with van der Waals surface area (Å²) in [4.78, 5) is 0.331. The fraction of sp³-hybridized carbons (Fsp3) is 0.250. The first kappa shape index (κ1) is 15.4. The van der Waals surface area contributed by atoms with Gasteiger partial charge in [-0.15, -0.1) is 11.8 Å². The third-order valence-corrected chi connectivity index (χ3v) is 6.86. The number of sulfonamides is 1. The van der Waals surface area contributed by atoms with Crippen molar-refractivity contribution in [3.05, 3.63) is 60.2 Å². The zero-order valence-electron chi connectivity index (χ0n) is 12.2. The van der Waals surface area contributed by atoms with Gasteiger partial charge in [0.05, 0.1) is 17.4 Å². The number of methoxy groups -OCH3 is 1. The normalized spacial score (nSPS) is 19.2. The topological polar surface area (TPSA) is 46.6 Å². The Morgan fingerprint density at radius 3 is 2.50 bits per heavy atom. The molecule has 0 N–H and O–H groups in total. The number of hydrogen-bond acceptors (Lipinski definition) is 4. The maximum Gasteiger partial charge on any atom is 0.244 e. The van der Waals surface area contributed by atoms with Gasteiger partial charge in [-0.1, -0.05) is 36.4 Å². The molecule has 0 bridgehead atoms. The summed E-state index contributed by atoms with van der Waals surface area (Å²) >= 11 is 1.62. The van der Waals surface area contributed by atoms with Crippen molar-refractivity contribution in [2.24, 2.45) is 0 Å². The Labute approximate surface area is 135 Å². The molecule has 0 amide bonds. The zero-order chi connectivity index (χ0) is 15.6. The molecule has 0 aromatic heterocycles. The van der Waals surface area contributed by atoms with E-state index in [0.29, 0.717) is 11.4 Å². The third-order valence-electron chi connectivity index (χ3n) is 3.60. The fourth-order valence-electron chi connectivity index (χ4n) is 2.54. The minimum Gasteiger partial charge on any atom is -0.496 e. The first-order chi connectivity index (χ1) is 10.6. The lowest BCUT2D eigenvalue weighted by Crippen LogP contribution is -2.30. The van der Waals surface area contributed by atoms with E-state index in [1.807, 2.05) is 30.3 Å². The molecule has 0 spiro atoms. The summed E-state index contributed by atoms with van der Waals surface area (Å²) in [7, 11) is -1.90. The van der Waals surface area contributed by atoms with Crippen LogP contribution in [-0.2, 0) is 10.0 Å². The molecule has 1 fully saturated rings. The lowest BCUT2D eigenvalue weighted by Gasteiger charge is -2.24. The second kappa shape index (κ2) is 6.32. The van der Waals surface area contributed by atoms with E-state index in [4.69, 9.17) is 4.74 Å². The number of benzene rings is 2. The number of hydrogen-bond donors (Lipinski definition) is 0. The van der Waals surface area contributed by atoms with E-state index in [1.54, 1.807) is 47.4 Å². The van der Waals surface area contributed by atoms with E-state index in [1.165, 1.54) is 0 Å². The number of thioether (sulfide) groups is 1. The van der Waals surface area contributed by atoms with Crippen LogP contribution in [0.1, 0.15) is 10.9 Å². The van der Waals surface area contributed by atoms with Gasteiger partial charge in [0.1, 0.15) is 5.75 Å². The summed E-state index contributed by atoms with van der Waals surface area (Å²) in [5.74, 6) is 1.49. The van der Waals surface area contributed by atoms with Crippen LogP contribution in [0.25, 0.3) is 0 Å². The zero-order valence-corrected chi connectivity index (χ0v) is 13.8. The van der Waals surface area contributed by atoms with Crippen LogP contribution in [-0.4, -0.2) is 32.1 Å². The highest BCUT2D eigenvalue weighted by Gasteiger charge is 2.37. The molecule has 116 valence electrons. The summed E-state index contributed by atoms with van der Waals surface area (Å²) in [6.45, 7) is 0.505. The van der Waals surface area contributed by atoms with Gasteiger partial charge in [0.2, 0.25) is 10.0 Å². The molecule has 2 aromatic carbocycles. The van der Waals surface area contributed by atoms with Crippen molar-refractivity contribution < 1.29 is 13.2 Å². The molecule has 22 heavy (non-hydrogen) atoms. The molecule has 3 rings (SSSR count). The predicted molar refractivity (Wildman–Crippen MR) is 88.5 cm³/mol. The Morgan fingerprint density at radius 1 is 1.09 bits per heavy atom. The molecular formula is C16H17NO3S2. The van der Waals surface area contributed by atoms with E-state index in [2.05, 4.69) is 0 Å². The standard InChI is InChI=1S/C16H17NO3S2/c1-20-15-10-6-5-9-14(15)16-17(11-12-21-16)22(18,19)13-7-3-2-4-8-13/h2-10,16H,11-12H2,1H3/t16-/m0/s1. The SMILES string of the molecule is COc1ccccc1[C@@H]1SCCN1S(=O)(=O)c1ccccc1. The average Bonchev–Trinajstić information content (AvgIpc) is 3.06. The molecule has 1 saturated heterocycles. The Morgan fingerprint density at radius 2 is 1.77 bits per heavy atom. The molecule has 1 heterocycles. The van der Waals surface area contributed by atoms with Gasteiger partial charge in [-0.2, -0.15) is 4.31 Å². The van der Waals surface area contributed by atoms with Crippen molar-refractivity contribution in [1.82, 2.24) is 4.31 Å². The van der Waals surface area contributed by atoms with Crippen LogP contribution in [0.15, 0.2) is 59.5 Å². The summed E-state index contributed by atoms with van der Waals surface area (Å²) in [5.41, 5.74) is 0.895. The van der Waals surface area contributed by atoms with Crippen LogP contribution in [0.4, 0.5) is 0 Å². The number of nitrogens with zero attached hydrogens (tertiary/aromatic N) is 1. The van der Waals surface area contributed by atoms with Gasteiger partial charge in [-0.3, -0.25) is 0 Å². The molecule has 0 radical (unpaired) electrons. The Balaban J connectivity index is 2.01. The van der Waals surface area contributed by atoms with Crippen molar-refractivity contribution in [1.29, 1.82) is 0 Å². The number of ether oxygens (including phenoxy) is 1. The monoisotopic (exact) mass is 335 g/mol. The number of para-hydroxylation sites is 1. The molecule has 6 heteroatoms. The van der Waals surface area contributed by atoms with Crippen molar-refractivity contribution in [3.8, 4) is 5.75 Å². The van der Waals surface area contributed by atoms with Crippen molar-refractivity contribution in [2.75, 3.05) is 19.4 Å². The molecule has 1 atom stereocenters. The highest BCUT2D eigenvalue weighted by atomic mass is 32.2. The first-order valence-electron chi connectivity index (χ1n) is 6.96. The number of rotatable bonds is 4. The second-order valence-corrected chi connectivity index (χ2v) is 7.97. The largest absolute Gasteiger partial charge is 0.496 e. The van der Waals surface area contributed by atoms with E-state index in [0.717, 1.165) is 17.1 Å².